The zero-order chi connectivity index (χ0) is 28.4. The molecule has 0 atom stereocenters. The molecule has 0 heterocycles. The third-order valence-corrected chi connectivity index (χ3v) is 11.9. The molecule has 0 spiro atoms. The van der Waals surface area contributed by atoms with Crippen LogP contribution in [0.2, 0.25) is 0 Å². The van der Waals surface area contributed by atoms with Crippen LogP contribution in [0.5, 0.6) is 11.5 Å². The van der Waals surface area contributed by atoms with Crippen molar-refractivity contribution < 1.29 is 10.2 Å². The smallest absolute Gasteiger partial charge is 0.123 e. The van der Waals surface area contributed by atoms with E-state index in [0.717, 1.165) is 11.1 Å². The molecule has 4 aliphatic carbocycles. The highest BCUT2D eigenvalue weighted by Gasteiger charge is 2.36. The maximum Gasteiger partial charge on any atom is 0.123 e. The summed E-state index contributed by atoms with van der Waals surface area (Å²) < 4.78 is 0. The number of phenolic OH excluding ortho intramolecular Hbond substituents is 2. The Morgan fingerprint density at radius 1 is 0.439 bits per heavy atom. The molecular weight excluding hydrogens is 500 g/mol. The molecule has 0 bridgehead atoms. The van der Waals surface area contributed by atoms with Gasteiger partial charge in [-0.1, -0.05) is 115 Å². The first-order valence-electron chi connectivity index (χ1n) is 17.7. The van der Waals surface area contributed by atoms with Crippen molar-refractivity contribution in [2.45, 2.75) is 171 Å². The summed E-state index contributed by atoms with van der Waals surface area (Å²) in [4.78, 5) is 0. The lowest BCUT2D eigenvalue weighted by Gasteiger charge is -2.35. The van der Waals surface area contributed by atoms with Crippen molar-refractivity contribution in [1.29, 1.82) is 0 Å². The molecule has 4 aliphatic rings. The molecule has 2 heteroatoms. The Morgan fingerprint density at radius 3 is 1.05 bits per heavy atom. The Hall–Kier alpha value is -1.96. The van der Waals surface area contributed by atoms with Gasteiger partial charge in [0.2, 0.25) is 0 Å². The van der Waals surface area contributed by atoms with Crippen molar-refractivity contribution in [1.82, 2.24) is 0 Å². The highest BCUT2D eigenvalue weighted by atomic mass is 16.3. The van der Waals surface area contributed by atoms with Gasteiger partial charge in [-0.3, -0.25) is 0 Å². The molecule has 6 rings (SSSR count). The van der Waals surface area contributed by atoms with Crippen LogP contribution in [-0.4, -0.2) is 10.2 Å². The van der Waals surface area contributed by atoms with E-state index in [9.17, 15) is 10.2 Å². The zero-order valence-corrected chi connectivity index (χ0v) is 26.2. The summed E-state index contributed by atoms with van der Waals surface area (Å²) in [5, 5.41) is 24.2. The maximum absolute atomic E-state index is 12.1. The second-order valence-corrected chi connectivity index (χ2v) is 15.0. The molecule has 4 fully saturated rings. The summed E-state index contributed by atoms with van der Waals surface area (Å²) in [5.41, 5.74) is 6.91. The predicted octanol–water partition coefficient (Wildman–Crippen LogP) is 11.6. The normalized spacial score (nSPS) is 22.7. The van der Waals surface area contributed by atoms with E-state index in [-0.39, 0.29) is 0 Å². The van der Waals surface area contributed by atoms with Crippen molar-refractivity contribution in [3.05, 3.63) is 57.6 Å². The summed E-state index contributed by atoms with van der Waals surface area (Å²) >= 11 is 0. The monoisotopic (exact) mass is 556 g/mol. The SMILES string of the molecule is CC(C)(c1cc(C2CCCCC2)cc(C2CCCCC2)c1O)c1cc(C2CCCCC2)cc(C2CCCCC2)c1O. The topological polar surface area (TPSA) is 40.5 Å². The first kappa shape index (κ1) is 29.1. The second-order valence-electron chi connectivity index (χ2n) is 15.0. The molecule has 0 radical (unpaired) electrons. The van der Waals surface area contributed by atoms with Crippen LogP contribution in [0.25, 0.3) is 0 Å². The summed E-state index contributed by atoms with van der Waals surface area (Å²) in [5.74, 6) is 3.15. The fourth-order valence-corrected chi connectivity index (χ4v) is 9.25. The molecule has 224 valence electrons. The van der Waals surface area contributed by atoms with E-state index in [1.54, 1.807) is 0 Å². The van der Waals surface area contributed by atoms with Gasteiger partial charge in [-0.25, -0.2) is 0 Å². The van der Waals surface area contributed by atoms with Gasteiger partial charge in [0, 0.05) is 16.5 Å². The molecule has 0 saturated heterocycles. The van der Waals surface area contributed by atoms with Crippen molar-refractivity contribution >= 4 is 0 Å². The summed E-state index contributed by atoms with van der Waals surface area (Å²) in [6.45, 7) is 4.56. The molecule has 0 aliphatic heterocycles. The molecule has 0 amide bonds. The van der Waals surface area contributed by atoms with Crippen molar-refractivity contribution in [2.24, 2.45) is 0 Å². The van der Waals surface area contributed by atoms with Crippen molar-refractivity contribution in [2.75, 3.05) is 0 Å². The van der Waals surface area contributed by atoms with Crippen LogP contribution < -0.4 is 0 Å². The third-order valence-electron chi connectivity index (χ3n) is 11.9. The predicted molar refractivity (Wildman–Crippen MR) is 172 cm³/mol. The molecular formula is C39H56O2. The van der Waals surface area contributed by atoms with Gasteiger partial charge < -0.3 is 10.2 Å². The fourth-order valence-electron chi connectivity index (χ4n) is 9.25. The average molecular weight is 557 g/mol. The number of rotatable bonds is 6. The Balaban J connectivity index is 1.48. The van der Waals surface area contributed by atoms with Crippen LogP contribution in [0.4, 0.5) is 0 Å². The molecule has 2 aromatic rings. The van der Waals surface area contributed by atoms with Crippen LogP contribution in [0.15, 0.2) is 24.3 Å². The lowest BCUT2D eigenvalue weighted by molar-refractivity contribution is 0.391. The highest BCUT2D eigenvalue weighted by molar-refractivity contribution is 5.58. The van der Waals surface area contributed by atoms with Crippen LogP contribution in [0, 0.1) is 0 Å². The van der Waals surface area contributed by atoms with Crippen LogP contribution in [0.1, 0.15) is 199 Å². The molecule has 2 N–H and O–H groups in total. The van der Waals surface area contributed by atoms with Crippen LogP contribution in [-0.2, 0) is 5.41 Å². The van der Waals surface area contributed by atoms with Gasteiger partial charge in [-0.15, -0.1) is 0 Å². The van der Waals surface area contributed by atoms with E-state index in [0.29, 0.717) is 35.2 Å². The minimum Gasteiger partial charge on any atom is -0.507 e. The Kier molecular flexibility index (Phi) is 9.04. The quantitative estimate of drug-likeness (QED) is 0.371. The van der Waals surface area contributed by atoms with Gasteiger partial charge in [-0.05, 0) is 97.3 Å². The number of hydrogen-bond acceptors (Lipinski definition) is 2. The average Bonchev–Trinajstić information content (AvgIpc) is 3.03. The van der Waals surface area contributed by atoms with Gasteiger partial charge in [0.25, 0.3) is 0 Å². The zero-order valence-electron chi connectivity index (χ0n) is 26.2. The summed E-state index contributed by atoms with van der Waals surface area (Å²) in [6.07, 6.45) is 25.5. The van der Waals surface area contributed by atoms with E-state index >= 15 is 0 Å². The molecule has 41 heavy (non-hydrogen) atoms. The lowest BCUT2D eigenvalue weighted by Crippen LogP contribution is -2.23. The second kappa shape index (κ2) is 12.7. The largest absolute Gasteiger partial charge is 0.507 e. The number of aromatic hydroxyl groups is 2. The Labute approximate surface area is 250 Å². The van der Waals surface area contributed by atoms with E-state index in [1.165, 1.54) is 151 Å². The molecule has 0 unspecified atom stereocenters. The molecule has 2 nitrogen and oxygen atoms in total. The number of benzene rings is 2. The lowest BCUT2D eigenvalue weighted by atomic mass is 9.70. The van der Waals surface area contributed by atoms with Gasteiger partial charge in [0.05, 0.1) is 0 Å². The van der Waals surface area contributed by atoms with E-state index in [4.69, 9.17) is 0 Å². The third kappa shape index (κ3) is 6.09. The minimum atomic E-state index is -0.476. The van der Waals surface area contributed by atoms with Crippen molar-refractivity contribution in [3.63, 3.8) is 0 Å². The molecule has 0 aromatic heterocycles. The summed E-state index contributed by atoms with van der Waals surface area (Å²) in [7, 11) is 0. The molecule has 4 saturated carbocycles. The van der Waals surface area contributed by atoms with Gasteiger partial charge >= 0.3 is 0 Å². The van der Waals surface area contributed by atoms with Crippen LogP contribution in [0.3, 0.4) is 0 Å². The van der Waals surface area contributed by atoms with Gasteiger partial charge in [0.15, 0.2) is 0 Å². The van der Waals surface area contributed by atoms with Gasteiger partial charge in [-0.2, -0.15) is 0 Å². The minimum absolute atomic E-state index is 0.460. The van der Waals surface area contributed by atoms with Crippen LogP contribution >= 0.6 is 0 Å². The standard InChI is InChI=1S/C39H56O2/c1-39(2,35-25-31(27-15-7-3-8-16-27)23-33(37(35)40)29-19-11-5-12-20-29)36-26-32(28-17-9-4-10-18-28)24-34(38(36)41)30-21-13-6-14-22-30/h23-30,40-41H,3-22H2,1-2H3. The number of phenols is 2. The van der Waals surface area contributed by atoms with Gasteiger partial charge in [0.1, 0.15) is 11.5 Å². The summed E-state index contributed by atoms with van der Waals surface area (Å²) in [6, 6.07) is 9.55. The Morgan fingerprint density at radius 2 is 0.732 bits per heavy atom. The van der Waals surface area contributed by atoms with E-state index in [1.807, 2.05) is 0 Å². The van der Waals surface area contributed by atoms with E-state index in [2.05, 4.69) is 38.1 Å². The van der Waals surface area contributed by atoms with E-state index < -0.39 is 5.41 Å². The fraction of sp³-hybridized carbons (Fsp3) is 0.692. The number of hydrogen-bond donors (Lipinski definition) is 2. The molecule has 2 aromatic carbocycles. The Bertz CT molecular complexity index is 1080. The highest BCUT2D eigenvalue weighted by Crippen LogP contribution is 2.51. The van der Waals surface area contributed by atoms with Crippen molar-refractivity contribution in [3.8, 4) is 11.5 Å². The maximum atomic E-state index is 12.1. The first-order valence-corrected chi connectivity index (χ1v) is 17.7. The first-order chi connectivity index (χ1) is 19.9.